The van der Waals surface area contributed by atoms with Crippen molar-refractivity contribution in [1.82, 2.24) is 15.5 Å². The lowest BCUT2D eigenvalue weighted by atomic mass is 10.1. The molecule has 134 valence electrons. The Kier molecular flexibility index (Phi) is 8.84. The molecule has 0 aliphatic carbocycles. The van der Waals surface area contributed by atoms with Gasteiger partial charge in [-0.1, -0.05) is 36.8 Å². The predicted octanol–water partition coefficient (Wildman–Crippen LogP) is 1.59. The van der Waals surface area contributed by atoms with Crippen molar-refractivity contribution >= 4 is 16.8 Å². The van der Waals surface area contributed by atoms with Gasteiger partial charge in [-0.05, 0) is 31.5 Å². The van der Waals surface area contributed by atoms with Gasteiger partial charge in [0.2, 0.25) is 0 Å². The molecule has 24 heavy (non-hydrogen) atoms. The van der Waals surface area contributed by atoms with E-state index < -0.39 is 10.8 Å². The monoisotopic (exact) mass is 350 g/mol. The standard InChI is InChI=1S/C18H30N4OS/c1-19-18(20-10-14-22-12-6-3-7-13-22)21-11-15-24(23)16-17-8-4-2-5-9-17/h2,4-5,8-9H,3,6-7,10-16H2,1H3,(H2,19,20,21). The second-order valence-corrected chi connectivity index (χ2v) is 7.68. The normalized spacial score (nSPS) is 17.5. The number of likely N-dealkylation sites (tertiary alicyclic amines) is 1. The molecule has 0 amide bonds. The molecule has 5 nitrogen and oxygen atoms in total. The lowest BCUT2D eigenvalue weighted by Crippen LogP contribution is -2.43. The average molecular weight is 351 g/mol. The Morgan fingerprint density at radius 2 is 1.83 bits per heavy atom. The number of guanidine groups is 1. The number of hydrogen-bond acceptors (Lipinski definition) is 3. The van der Waals surface area contributed by atoms with Crippen LogP contribution in [-0.4, -0.2) is 60.6 Å². The Morgan fingerprint density at radius 3 is 2.54 bits per heavy atom. The maximum atomic E-state index is 12.1. The quantitative estimate of drug-likeness (QED) is 0.552. The molecule has 1 saturated heterocycles. The van der Waals surface area contributed by atoms with Crippen LogP contribution in [0, 0.1) is 0 Å². The van der Waals surface area contributed by atoms with Crippen molar-refractivity contribution in [2.24, 2.45) is 4.99 Å². The second kappa shape index (κ2) is 11.2. The summed E-state index contributed by atoms with van der Waals surface area (Å²) < 4.78 is 12.1. The molecule has 2 rings (SSSR count). The minimum atomic E-state index is -0.852. The molecule has 6 heteroatoms. The zero-order chi connectivity index (χ0) is 17.0. The molecule has 1 unspecified atom stereocenters. The highest BCUT2D eigenvalue weighted by atomic mass is 32.2. The van der Waals surface area contributed by atoms with Crippen LogP contribution in [0.25, 0.3) is 0 Å². The first-order valence-corrected chi connectivity index (χ1v) is 10.3. The van der Waals surface area contributed by atoms with Crippen molar-refractivity contribution < 1.29 is 4.21 Å². The van der Waals surface area contributed by atoms with Gasteiger partial charge in [-0.3, -0.25) is 9.20 Å². The molecule has 0 saturated carbocycles. The molecule has 1 aliphatic heterocycles. The number of aliphatic imine (C=N–C) groups is 1. The van der Waals surface area contributed by atoms with E-state index in [9.17, 15) is 4.21 Å². The smallest absolute Gasteiger partial charge is 0.191 e. The lowest BCUT2D eigenvalue weighted by Gasteiger charge is -2.26. The zero-order valence-electron chi connectivity index (χ0n) is 14.7. The van der Waals surface area contributed by atoms with Crippen molar-refractivity contribution in [1.29, 1.82) is 0 Å². The zero-order valence-corrected chi connectivity index (χ0v) is 15.5. The summed E-state index contributed by atoms with van der Waals surface area (Å²) in [7, 11) is 0.922. The molecule has 0 spiro atoms. The fourth-order valence-electron chi connectivity index (χ4n) is 2.85. The maximum Gasteiger partial charge on any atom is 0.191 e. The molecule has 1 atom stereocenters. The fourth-order valence-corrected chi connectivity index (χ4v) is 3.89. The molecule has 0 aromatic heterocycles. The first kappa shape index (κ1) is 18.9. The Morgan fingerprint density at radius 1 is 1.12 bits per heavy atom. The summed E-state index contributed by atoms with van der Waals surface area (Å²) in [6.45, 7) is 5.05. The van der Waals surface area contributed by atoms with Gasteiger partial charge in [0.1, 0.15) is 0 Å². The Bertz CT molecular complexity index is 515. The van der Waals surface area contributed by atoms with E-state index >= 15 is 0 Å². The Hall–Kier alpha value is -1.40. The summed E-state index contributed by atoms with van der Waals surface area (Å²) in [6.07, 6.45) is 4.01. The third kappa shape index (κ3) is 7.45. The lowest BCUT2D eigenvalue weighted by molar-refractivity contribution is 0.232. The van der Waals surface area contributed by atoms with Crippen LogP contribution >= 0.6 is 0 Å². The van der Waals surface area contributed by atoms with E-state index in [1.165, 1.54) is 32.4 Å². The van der Waals surface area contributed by atoms with Gasteiger partial charge < -0.3 is 15.5 Å². The van der Waals surface area contributed by atoms with Gasteiger partial charge in [0, 0.05) is 49.0 Å². The van der Waals surface area contributed by atoms with Gasteiger partial charge in [0.25, 0.3) is 0 Å². The van der Waals surface area contributed by atoms with Crippen LogP contribution < -0.4 is 10.6 Å². The molecule has 1 aromatic rings. The SMILES string of the molecule is CN=C(NCCN1CCCCC1)NCCS(=O)Cc1ccccc1. The van der Waals surface area contributed by atoms with Crippen LogP contribution in [0.3, 0.4) is 0 Å². The predicted molar refractivity (Wildman–Crippen MR) is 103 cm³/mol. The molecule has 2 N–H and O–H groups in total. The first-order valence-electron chi connectivity index (χ1n) is 8.83. The molecule has 0 radical (unpaired) electrons. The first-order chi connectivity index (χ1) is 11.8. The van der Waals surface area contributed by atoms with E-state index in [1.54, 1.807) is 7.05 Å². The molecule has 1 aliphatic rings. The van der Waals surface area contributed by atoms with E-state index in [2.05, 4.69) is 20.5 Å². The minimum Gasteiger partial charge on any atom is -0.355 e. The van der Waals surface area contributed by atoms with Crippen LogP contribution in [0.2, 0.25) is 0 Å². The summed E-state index contributed by atoms with van der Waals surface area (Å²) in [6, 6.07) is 9.99. The van der Waals surface area contributed by atoms with Gasteiger partial charge >= 0.3 is 0 Å². The maximum absolute atomic E-state index is 12.1. The number of rotatable bonds is 8. The minimum absolute atomic E-state index is 0.615. The fraction of sp³-hybridized carbons (Fsp3) is 0.611. The van der Waals surface area contributed by atoms with Crippen LogP contribution in [0.5, 0.6) is 0 Å². The van der Waals surface area contributed by atoms with Crippen LogP contribution in [0.4, 0.5) is 0 Å². The van der Waals surface area contributed by atoms with Crippen molar-refractivity contribution in [2.75, 3.05) is 45.5 Å². The highest BCUT2D eigenvalue weighted by molar-refractivity contribution is 7.84. The number of benzene rings is 1. The average Bonchev–Trinajstić information content (AvgIpc) is 2.62. The number of piperidine rings is 1. The summed E-state index contributed by atoms with van der Waals surface area (Å²) >= 11 is 0. The van der Waals surface area contributed by atoms with Crippen LogP contribution in [0.15, 0.2) is 35.3 Å². The van der Waals surface area contributed by atoms with E-state index in [4.69, 9.17) is 0 Å². The Balaban J connectivity index is 1.58. The third-order valence-electron chi connectivity index (χ3n) is 4.19. The molecule has 1 fully saturated rings. The summed E-state index contributed by atoms with van der Waals surface area (Å²) in [5.74, 6) is 2.04. The van der Waals surface area contributed by atoms with Crippen molar-refractivity contribution in [3.8, 4) is 0 Å². The van der Waals surface area contributed by atoms with Crippen LogP contribution in [0.1, 0.15) is 24.8 Å². The summed E-state index contributed by atoms with van der Waals surface area (Å²) in [4.78, 5) is 6.73. The summed E-state index contributed by atoms with van der Waals surface area (Å²) in [5.41, 5.74) is 1.12. The highest BCUT2D eigenvalue weighted by Crippen LogP contribution is 2.07. The number of nitrogens with one attached hydrogen (secondary N) is 2. The number of hydrogen-bond donors (Lipinski definition) is 2. The molecule has 1 aromatic carbocycles. The van der Waals surface area contributed by atoms with Gasteiger partial charge in [-0.15, -0.1) is 0 Å². The van der Waals surface area contributed by atoms with E-state index in [-0.39, 0.29) is 0 Å². The van der Waals surface area contributed by atoms with Crippen molar-refractivity contribution in [3.63, 3.8) is 0 Å². The third-order valence-corrected chi connectivity index (χ3v) is 5.50. The van der Waals surface area contributed by atoms with Crippen molar-refractivity contribution in [3.05, 3.63) is 35.9 Å². The Labute approximate surface area is 148 Å². The van der Waals surface area contributed by atoms with Gasteiger partial charge in [-0.25, -0.2) is 0 Å². The van der Waals surface area contributed by atoms with Gasteiger partial charge in [0.15, 0.2) is 5.96 Å². The van der Waals surface area contributed by atoms with E-state index in [0.29, 0.717) is 18.1 Å². The largest absolute Gasteiger partial charge is 0.355 e. The molecule has 1 heterocycles. The van der Waals surface area contributed by atoms with E-state index in [0.717, 1.165) is 24.6 Å². The number of nitrogens with zero attached hydrogens (tertiary/aromatic N) is 2. The topological polar surface area (TPSA) is 56.7 Å². The highest BCUT2D eigenvalue weighted by Gasteiger charge is 2.09. The molecule has 0 bridgehead atoms. The second-order valence-electron chi connectivity index (χ2n) is 6.10. The van der Waals surface area contributed by atoms with Crippen LogP contribution in [-0.2, 0) is 16.6 Å². The van der Waals surface area contributed by atoms with Gasteiger partial charge in [0.05, 0.1) is 0 Å². The van der Waals surface area contributed by atoms with Gasteiger partial charge in [-0.2, -0.15) is 0 Å². The molecular formula is C18H30N4OS. The van der Waals surface area contributed by atoms with Crippen molar-refractivity contribution in [2.45, 2.75) is 25.0 Å². The van der Waals surface area contributed by atoms with E-state index in [1.807, 2.05) is 30.3 Å². The summed E-state index contributed by atoms with van der Waals surface area (Å²) in [5, 5.41) is 6.59. The molecular weight excluding hydrogens is 320 g/mol.